The second-order valence-electron chi connectivity index (χ2n) is 5.44. The summed E-state index contributed by atoms with van der Waals surface area (Å²) in [4.78, 5) is 0. The Morgan fingerprint density at radius 3 is 1.76 bits per heavy atom. The SMILES string of the molecule is Cc1cc(C)c(C)c(C(O)C(N)C(C)C)c1C. The van der Waals surface area contributed by atoms with Crippen molar-refractivity contribution in [1.29, 1.82) is 0 Å². The molecule has 0 spiro atoms. The van der Waals surface area contributed by atoms with Crippen LogP contribution >= 0.6 is 0 Å². The number of aliphatic hydroxyl groups is 1. The van der Waals surface area contributed by atoms with Gasteiger partial charge in [0.15, 0.2) is 0 Å². The molecule has 2 unspecified atom stereocenters. The molecular formula is C15H25NO. The highest BCUT2D eigenvalue weighted by Crippen LogP contribution is 2.30. The number of aryl methyl sites for hydroxylation is 2. The van der Waals surface area contributed by atoms with E-state index in [0.717, 1.165) is 16.7 Å². The molecule has 0 aliphatic heterocycles. The highest BCUT2D eigenvalue weighted by Gasteiger charge is 2.24. The second-order valence-corrected chi connectivity index (χ2v) is 5.44. The van der Waals surface area contributed by atoms with Gasteiger partial charge in [-0.2, -0.15) is 0 Å². The minimum atomic E-state index is -0.575. The zero-order valence-corrected chi connectivity index (χ0v) is 11.8. The van der Waals surface area contributed by atoms with E-state index in [-0.39, 0.29) is 12.0 Å². The van der Waals surface area contributed by atoms with E-state index < -0.39 is 6.10 Å². The van der Waals surface area contributed by atoms with Crippen LogP contribution in [-0.4, -0.2) is 11.1 Å². The van der Waals surface area contributed by atoms with Crippen molar-refractivity contribution in [2.45, 2.75) is 53.7 Å². The Morgan fingerprint density at radius 1 is 1.00 bits per heavy atom. The van der Waals surface area contributed by atoms with E-state index in [1.54, 1.807) is 0 Å². The Balaban J connectivity index is 3.30. The molecule has 0 aliphatic carbocycles. The highest BCUT2D eigenvalue weighted by atomic mass is 16.3. The van der Waals surface area contributed by atoms with Crippen LogP contribution in [0.2, 0.25) is 0 Å². The van der Waals surface area contributed by atoms with Crippen molar-refractivity contribution in [3.63, 3.8) is 0 Å². The number of nitrogens with two attached hydrogens (primary N) is 1. The summed E-state index contributed by atoms with van der Waals surface area (Å²) in [5, 5.41) is 10.4. The van der Waals surface area contributed by atoms with Gasteiger partial charge in [-0.15, -0.1) is 0 Å². The van der Waals surface area contributed by atoms with Crippen molar-refractivity contribution in [1.82, 2.24) is 0 Å². The van der Waals surface area contributed by atoms with E-state index in [0.29, 0.717) is 0 Å². The lowest BCUT2D eigenvalue weighted by Gasteiger charge is -2.27. The first-order chi connectivity index (χ1) is 7.77. The van der Waals surface area contributed by atoms with Gasteiger partial charge in [0, 0.05) is 6.04 Å². The summed E-state index contributed by atoms with van der Waals surface area (Å²) in [6, 6.07) is 1.95. The first-order valence-electron chi connectivity index (χ1n) is 6.28. The van der Waals surface area contributed by atoms with Gasteiger partial charge in [0.1, 0.15) is 0 Å². The minimum Gasteiger partial charge on any atom is -0.387 e. The van der Waals surface area contributed by atoms with E-state index in [2.05, 4.69) is 33.8 Å². The molecule has 2 atom stereocenters. The molecule has 0 saturated heterocycles. The van der Waals surface area contributed by atoms with Crippen LogP contribution in [0.1, 0.15) is 47.8 Å². The Bertz CT molecular complexity index is 384. The van der Waals surface area contributed by atoms with Crippen molar-refractivity contribution >= 4 is 0 Å². The third-order valence-electron chi connectivity index (χ3n) is 3.85. The molecule has 0 aromatic heterocycles. The first-order valence-corrected chi connectivity index (χ1v) is 6.28. The second kappa shape index (κ2) is 5.19. The molecule has 1 aromatic rings. The molecule has 1 aromatic carbocycles. The lowest BCUT2D eigenvalue weighted by molar-refractivity contribution is 0.124. The topological polar surface area (TPSA) is 46.2 Å². The largest absolute Gasteiger partial charge is 0.387 e. The summed E-state index contributed by atoms with van der Waals surface area (Å²) in [6.45, 7) is 12.4. The predicted molar refractivity (Wildman–Crippen MR) is 73.2 cm³/mol. The van der Waals surface area contributed by atoms with Gasteiger partial charge in [-0.3, -0.25) is 0 Å². The van der Waals surface area contributed by atoms with E-state index in [9.17, 15) is 5.11 Å². The van der Waals surface area contributed by atoms with Gasteiger partial charge in [0.2, 0.25) is 0 Å². The van der Waals surface area contributed by atoms with Crippen molar-refractivity contribution in [2.75, 3.05) is 0 Å². The molecule has 0 saturated carbocycles. The molecule has 0 heterocycles. The van der Waals surface area contributed by atoms with Crippen LogP contribution in [0.25, 0.3) is 0 Å². The quantitative estimate of drug-likeness (QED) is 0.846. The fourth-order valence-corrected chi connectivity index (χ4v) is 2.25. The van der Waals surface area contributed by atoms with Gasteiger partial charge in [-0.05, 0) is 61.4 Å². The maximum absolute atomic E-state index is 10.4. The molecule has 2 nitrogen and oxygen atoms in total. The molecule has 0 radical (unpaired) electrons. The number of aliphatic hydroxyl groups excluding tert-OH is 1. The Morgan fingerprint density at radius 2 is 1.41 bits per heavy atom. The zero-order chi connectivity index (χ0) is 13.3. The lowest BCUT2D eigenvalue weighted by Crippen LogP contribution is -2.34. The number of hydrogen-bond acceptors (Lipinski definition) is 2. The molecule has 0 amide bonds. The summed E-state index contributed by atoms with van der Waals surface area (Å²) >= 11 is 0. The van der Waals surface area contributed by atoms with Crippen LogP contribution in [0.5, 0.6) is 0 Å². The average Bonchev–Trinajstić information content (AvgIpc) is 2.25. The third-order valence-corrected chi connectivity index (χ3v) is 3.85. The van der Waals surface area contributed by atoms with E-state index in [1.165, 1.54) is 11.1 Å². The number of hydrogen-bond donors (Lipinski definition) is 2. The van der Waals surface area contributed by atoms with Gasteiger partial charge in [0.25, 0.3) is 0 Å². The fourth-order valence-electron chi connectivity index (χ4n) is 2.25. The standard InChI is InChI=1S/C15H25NO/c1-8(2)14(16)15(17)13-11(5)9(3)7-10(4)12(13)6/h7-8,14-15,17H,16H2,1-6H3. The molecular weight excluding hydrogens is 210 g/mol. The van der Waals surface area contributed by atoms with E-state index >= 15 is 0 Å². The highest BCUT2D eigenvalue weighted by molar-refractivity contribution is 5.45. The lowest BCUT2D eigenvalue weighted by atomic mass is 9.85. The normalized spacial score (nSPS) is 15.1. The summed E-state index contributed by atoms with van der Waals surface area (Å²) in [5.74, 6) is 0.268. The smallest absolute Gasteiger partial charge is 0.0948 e. The molecule has 17 heavy (non-hydrogen) atoms. The number of rotatable bonds is 3. The Labute approximate surface area is 105 Å². The fraction of sp³-hybridized carbons (Fsp3) is 0.600. The molecule has 2 heteroatoms. The van der Waals surface area contributed by atoms with E-state index in [4.69, 9.17) is 5.73 Å². The van der Waals surface area contributed by atoms with Crippen LogP contribution in [0.15, 0.2) is 6.07 Å². The van der Waals surface area contributed by atoms with Gasteiger partial charge in [0.05, 0.1) is 6.10 Å². The third kappa shape index (κ3) is 2.70. The molecule has 96 valence electrons. The zero-order valence-electron chi connectivity index (χ0n) is 11.8. The van der Waals surface area contributed by atoms with Crippen molar-refractivity contribution in [3.8, 4) is 0 Å². The summed E-state index contributed by atoms with van der Waals surface area (Å²) in [6.07, 6.45) is -0.575. The van der Waals surface area contributed by atoms with Crippen LogP contribution in [0.4, 0.5) is 0 Å². The minimum absolute atomic E-state index is 0.214. The van der Waals surface area contributed by atoms with Crippen molar-refractivity contribution in [3.05, 3.63) is 33.9 Å². The first kappa shape index (κ1) is 14.2. The monoisotopic (exact) mass is 235 g/mol. The van der Waals surface area contributed by atoms with E-state index in [1.807, 2.05) is 13.8 Å². The maximum Gasteiger partial charge on any atom is 0.0948 e. The van der Waals surface area contributed by atoms with Crippen molar-refractivity contribution in [2.24, 2.45) is 11.7 Å². The Kier molecular flexibility index (Phi) is 4.34. The molecule has 1 rings (SSSR count). The molecule has 0 fully saturated rings. The average molecular weight is 235 g/mol. The van der Waals surface area contributed by atoms with Gasteiger partial charge < -0.3 is 10.8 Å². The van der Waals surface area contributed by atoms with Crippen LogP contribution in [0.3, 0.4) is 0 Å². The van der Waals surface area contributed by atoms with Gasteiger partial charge in [-0.1, -0.05) is 19.9 Å². The maximum atomic E-state index is 10.4. The van der Waals surface area contributed by atoms with Gasteiger partial charge >= 0.3 is 0 Å². The number of benzene rings is 1. The predicted octanol–water partition coefficient (Wildman–Crippen LogP) is 2.94. The van der Waals surface area contributed by atoms with Crippen LogP contribution in [0, 0.1) is 33.6 Å². The summed E-state index contributed by atoms with van der Waals surface area (Å²) in [5.41, 5.74) is 11.9. The molecule has 0 bridgehead atoms. The van der Waals surface area contributed by atoms with Crippen molar-refractivity contribution < 1.29 is 5.11 Å². The molecule has 3 N–H and O–H groups in total. The summed E-state index contributed by atoms with van der Waals surface area (Å²) < 4.78 is 0. The van der Waals surface area contributed by atoms with Gasteiger partial charge in [-0.25, -0.2) is 0 Å². The molecule has 0 aliphatic rings. The Hall–Kier alpha value is -0.860. The summed E-state index contributed by atoms with van der Waals surface area (Å²) in [7, 11) is 0. The van der Waals surface area contributed by atoms with Crippen LogP contribution in [-0.2, 0) is 0 Å². The van der Waals surface area contributed by atoms with Crippen LogP contribution < -0.4 is 5.73 Å².